The molecule has 3 heterocycles. The Balaban J connectivity index is 1.45. The molecule has 1 aliphatic carbocycles. The minimum Gasteiger partial charge on any atom is -0.457 e. The number of nitrogens with zero attached hydrogens (tertiary/aromatic N) is 2. The topological polar surface area (TPSA) is 142 Å². The standard InChI is InChI=1S/C39H64N2O9/c1-8-31(43)28(4)36-32(48-36)25-38(5,46)18-11-12-26(2)35-27(3)15-16-33(39(6,47-7)19-17-30(42)24-34(44)50-35)49-37(45)41-22-20-40(21-23-41)29-13-9-10-14-29/h11-12,15-16,18,27-33,35-36,42-43,46H,8-10,13-14,17,19-25H2,1-7H3/b16-15+,18-11+,26-12+. The lowest BCUT2D eigenvalue weighted by molar-refractivity contribution is -0.151. The Morgan fingerprint density at radius 2 is 1.86 bits per heavy atom. The average Bonchev–Trinajstić information content (AvgIpc) is 3.60. The molecule has 284 valence electrons. The number of esters is 1. The third-order valence-electron chi connectivity index (χ3n) is 11.5. The van der Waals surface area contributed by atoms with E-state index in [0.717, 1.165) is 18.7 Å². The maximum absolute atomic E-state index is 13.5. The summed E-state index contributed by atoms with van der Waals surface area (Å²) in [6.07, 6.45) is 12.1. The number of carbonyl (C=O) groups is 2. The first-order valence-corrected chi connectivity index (χ1v) is 18.9. The normalized spacial score (nSPS) is 35.4. The Hall–Kier alpha value is -2.28. The van der Waals surface area contributed by atoms with E-state index >= 15 is 0 Å². The van der Waals surface area contributed by atoms with Crippen LogP contribution in [0.4, 0.5) is 4.79 Å². The molecule has 0 aromatic rings. The number of hydrogen-bond acceptors (Lipinski definition) is 10. The maximum Gasteiger partial charge on any atom is 0.410 e. The van der Waals surface area contributed by atoms with Crippen LogP contribution in [-0.4, -0.2) is 124 Å². The van der Waals surface area contributed by atoms with Crippen molar-refractivity contribution in [2.24, 2.45) is 11.8 Å². The van der Waals surface area contributed by atoms with E-state index in [1.165, 1.54) is 25.7 Å². The van der Waals surface area contributed by atoms with Crippen molar-refractivity contribution in [1.82, 2.24) is 9.80 Å². The molecule has 10 atom stereocenters. The van der Waals surface area contributed by atoms with Gasteiger partial charge in [-0.25, -0.2) is 4.79 Å². The fourth-order valence-corrected chi connectivity index (χ4v) is 7.73. The molecule has 3 aliphatic heterocycles. The van der Waals surface area contributed by atoms with Gasteiger partial charge in [0.1, 0.15) is 11.7 Å². The van der Waals surface area contributed by atoms with E-state index in [2.05, 4.69) is 4.90 Å². The SMILES string of the molecule is CCC(O)C(C)C1OC1CC(C)(O)/C=C/C=C(\C)C1OC(=O)CC(O)CCC(C)(OC)C(OC(=O)N2CCN(C3CCCC3)CC2)/C=C/C1C. The minimum absolute atomic E-state index is 0.00219. The van der Waals surface area contributed by atoms with Gasteiger partial charge in [0.15, 0.2) is 6.10 Å². The summed E-state index contributed by atoms with van der Waals surface area (Å²) in [5.74, 6) is -0.825. The zero-order valence-corrected chi connectivity index (χ0v) is 31.5. The highest BCUT2D eigenvalue weighted by Crippen LogP contribution is 2.38. The predicted molar refractivity (Wildman–Crippen MR) is 191 cm³/mol. The highest BCUT2D eigenvalue weighted by Gasteiger charge is 2.47. The van der Waals surface area contributed by atoms with Crippen LogP contribution in [0.3, 0.4) is 0 Å². The van der Waals surface area contributed by atoms with Crippen LogP contribution in [-0.2, 0) is 23.7 Å². The van der Waals surface area contributed by atoms with E-state index in [-0.39, 0.29) is 43.0 Å². The van der Waals surface area contributed by atoms with Crippen LogP contribution in [0.15, 0.2) is 36.0 Å². The van der Waals surface area contributed by atoms with E-state index in [1.54, 1.807) is 31.1 Å². The van der Waals surface area contributed by atoms with Crippen LogP contribution in [0.2, 0.25) is 0 Å². The van der Waals surface area contributed by atoms with Gasteiger partial charge in [-0.3, -0.25) is 9.69 Å². The monoisotopic (exact) mass is 704 g/mol. The third-order valence-corrected chi connectivity index (χ3v) is 11.5. The fraction of sp³-hybridized carbons (Fsp3) is 0.795. The van der Waals surface area contributed by atoms with Crippen LogP contribution in [0, 0.1) is 11.8 Å². The number of allylic oxidation sites excluding steroid dienone is 2. The molecular weight excluding hydrogens is 640 g/mol. The first kappa shape index (κ1) is 40.5. The Morgan fingerprint density at radius 1 is 1.18 bits per heavy atom. The summed E-state index contributed by atoms with van der Waals surface area (Å²) in [4.78, 5) is 30.8. The summed E-state index contributed by atoms with van der Waals surface area (Å²) in [7, 11) is 1.58. The summed E-state index contributed by atoms with van der Waals surface area (Å²) in [5, 5.41) is 32.0. The third kappa shape index (κ3) is 11.1. The average molecular weight is 705 g/mol. The van der Waals surface area contributed by atoms with Crippen molar-refractivity contribution in [2.45, 2.75) is 153 Å². The van der Waals surface area contributed by atoms with Gasteiger partial charge in [0, 0.05) is 57.6 Å². The Kier molecular flexibility index (Phi) is 14.6. The lowest BCUT2D eigenvalue weighted by Crippen LogP contribution is -2.53. The van der Waals surface area contributed by atoms with Crippen LogP contribution >= 0.6 is 0 Å². The minimum atomic E-state index is -1.14. The summed E-state index contributed by atoms with van der Waals surface area (Å²) in [6, 6.07) is 0.621. The van der Waals surface area contributed by atoms with Gasteiger partial charge in [0.25, 0.3) is 0 Å². The summed E-state index contributed by atoms with van der Waals surface area (Å²) in [6.45, 7) is 14.2. The van der Waals surface area contributed by atoms with Crippen molar-refractivity contribution in [1.29, 1.82) is 0 Å². The van der Waals surface area contributed by atoms with E-state index in [1.807, 2.05) is 52.8 Å². The molecule has 0 bridgehead atoms. The summed E-state index contributed by atoms with van der Waals surface area (Å²) >= 11 is 0. The van der Waals surface area contributed by atoms with Gasteiger partial charge < -0.3 is 39.2 Å². The quantitative estimate of drug-likeness (QED) is 0.117. The number of carbonyl (C=O) groups excluding carboxylic acids is 2. The maximum atomic E-state index is 13.5. The van der Waals surface area contributed by atoms with Crippen molar-refractivity contribution < 1.29 is 43.9 Å². The largest absolute Gasteiger partial charge is 0.457 e. The molecule has 2 saturated heterocycles. The molecular formula is C39H64N2O9. The second-order valence-corrected chi connectivity index (χ2v) is 15.6. The number of rotatable bonds is 11. The number of aliphatic hydroxyl groups excluding tert-OH is 2. The van der Waals surface area contributed by atoms with Crippen molar-refractivity contribution in [2.75, 3.05) is 33.3 Å². The van der Waals surface area contributed by atoms with Crippen LogP contribution in [0.25, 0.3) is 0 Å². The molecule has 11 nitrogen and oxygen atoms in total. The van der Waals surface area contributed by atoms with Gasteiger partial charge in [-0.05, 0) is 64.5 Å². The lowest BCUT2D eigenvalue weighted by Gasteiger charge is -2.40. The number of methoxy groups -OCH3 is 1. The second kappa shape index (κ2) is 18.0. The highest BCUT2D eigenvalue weighted by atomic mass is 16.6. The highest BCUT2D eigenvalue weighted by molar-refractivity contribution is 5.70. The van der Waals surface area contributed by atoms with Gasteiger partial charge in [-0.1, -0.05) is 57.9 Å². The molecule has 3 fully saturated rings. The van der Waals surface area contributed by atoms with E-state index < -0.39 is 41.6 Å². The molecule has 0 aromatic carbocycles. The second-order valence-electron chi connectivity index (χ2n) is 15.6. The van der Waals surface area contributed by atoms with Gasteiger partial charge >= 0.3 is 12.1 Å². The molecule has 0 spiro atoms. The number of ether oxygens (including phenoxy) is 4. The molecule has 3 N–H and O–H groups in total. The van der Waals surface area contributed by atoms with E-state index in [0.29, 0.717) is 38.4 Å². The molecule has 0 radical (unpaired) electrons. The number of hydrogen-bond donors (Lipinski definition) is 3. The number of amides is 1. The molecule has 4 rings (SSSR count). The number of piperazine rings is 1. The number of aliphatic hydroxyl groups is 3. The Labute approximate surface area is 299 Å². The molecule has 1 amide bonds. The Morgan fingerprint density at radius 3 is 2.50 bits per heavy atom. The van der Waals surface area contributed by atoms with Gasteiger partial charge in [0.2, 0.25) is 0 Å². The number of epoxide rings is 1. The van der Waals surface area contributed by atoms with Crippen LogP contribution in [0.1, 0.15) is 99.3 Å². The summed E-state index contributed by atoms with van der Waals surface area (Å²) < 4.78 is 23.8. The molecule has 0 aromatic heterocycles. The smallest absolute Gasteiger partial charge is 0.410 e. The predicted octanol–water partition coefficient (Wildman–Crippen LogP) is 4.92. The molecule has 4 aliphatic rings. The Bertz CT molecular complexity index is 1210. The van der Waals surface area contributed by atoms with Crippen molar-refractivity contribution >= 4 is 12.1 Å². The molecule has 11 heteroatoms. The zero-order valence-electron chi connectivity index (χ0n) is 31.5. The van der Waals surface area contributed by atoms with Gasteiger partial charge in [-0.15, -0.1) is 0 Å². The first-order chi connectivity index (χ1) is 23.7. The molecule has 10 unspecified atom stereocenters. The van der Waals surface area contributed by atoms with Gasteiger partial charge in [0.05, 0.1) is 36.4 Å². The molecule has 50 heavy (non-hydrogen) atoms. The van der Waals surface area contributed by atoms with Crippen molar-refractivity contribution in [3.63, 3.8) is 0 Å². The molecule has 1 saturated carbocycles. The van der Waals surface area contributed by atoms with Crippen molar-refractivity contribution in [3.8, 4) is 0 Å². The fourth-order valence-electron chi connectivity index (χ4n) is 7.73. The van der Waals surface area contributed by atoms with Crippen molar-refractivity contribution in [3.05, 3.63) is 36.0 Å². The summed E-state index contributed by atoms with van der Waals surface area (Å²) in [5.41, 5.74) is -1.33. The van der Waals surface area contributed by atoms with E-state index in [4.69, 9.17) is 18.9 Å². The van der Waals surface area contributed by atoms with Gasteiger partial charge in [-0.2, -0.15) is 0 Å². The first-order valence-electron chi connectivity index (χ1n) is 18.9. The number of cyclic esters (lactones) is 1. The van der Waals surface area contributed by atoms with E-state index in [9.17, 15) is 24.9 Å². The lowest BCUT2D eigenvalue weighted by atomic mass is 9.88. The zero-order chi connectivity index (χ0) is 36.6. The van der Waals surface area contributed by atoms with Crippen LogP contribution < -0.4 is 0 Å². The van der Waals surface area contributed by atoms with Crippen LogP contribution in [0.5, 0.6) is 0 Å².